The van der Waals surface area contributed by atoms with E-state index in [4.69, 9.17) is 4.42 Å². The first-order valence-electron chi connectivity index (χ1n) is 20.6. The number of para-hydroxylation sites is 1. The molecule has 0 atom stereocenters. The SMILES string of the molecule is CC1(C)CCC(C)(C)c2cc(N3c4cc5c(cc4B4c6ccccc6-c6cc(-c7cccc8oc9ccccc9c78)cc3c64)C(C)(C)CCC5(C)C)ccc21. The standard InChI is InChI=1S/C52H50BNO/c1-49(2)22-23-50(3,4)38-28-32(20-21-37(38)49)54-43-30-40-39(51(5,6)24-25-52(40,7)8)29-42(43)53-41-17-11-9-14-34(41)36-26-31(27-44(54)48(36)53)33-16-13-19-46-47(33)35-15-10-12-18-45(35)55-46/h9-21,26-30H,22-25H2,1-8H3. The number of rotatable bonds is 2. The molecule has 0 radical (unpaired) electrons. The average molecular weight is 716 g/mol. The molecule has 0 spiro atoms. The molecular weight excluding hydrogens is 665 g/mol. The topological polar surface area (TPSA) is 16.4 Å². The minimum absolute atomic E-state index is 0.0896. The molecular formula is C52H50BNO. The predicted molar refractivity (Wildman–Crippen MR) is 235 cm³/mol. The maximum atomic E-state index is 6.45. The monoisotopic (exact) mass is 715 g/mol. The molecule has 272 valence electrons. The number of furan rings is 1. The van der Waals surface area contributed by atoms with Gasteiger partial charge in [-0.1, -0.05) is 128 Å². The van der Waals surface area contributed by atoms with Crippen molar-refractivity contribution in [3.63, 3.8) is 0 Å². The highest BCUT2D eigenvalue weighted by molar-refractivity contribution is 7.01. The van der Waals surface area contributed by atoms with E-state index in [1.165, 1.54) is 114 Å². The number of fused-ring (bicyclic) bond motifs is 10. The molecule has 0 amide bonds. The smallest absolute Gasteiger partial charge is 0.248 e. The van der Waals surface area contributed by atoms with E-state index in [0.29, 0.717) is 0 Å². The summed E-state index contributed by atoms with van der Waals surface area (Å²) >= 11 is 0. The summed E-state index contributed by atoms with van der Waals surface area (Å²) in [6.07, 6.45) is 4.79. The molecule has 6 aromatic carbocycles. The van der Waals surface area contributed by atoms with Gasteiger partial charge in [0.05, 0.1) is 0 Å². The number of benzene rings is 6. The molecule has 0 N–H and O–H groups in total. The molecule has 11 rings (SSSR count). The van der Waals surface area contributed by atoms with Crippen molar-refractivity contribution >= 4 is 62.1 Å². The Morgan fingerprint density at radius 2 is 1.11 bits per heavy atom. The molecule has 4 aliphatic rings. The van der Waals surface area contributed by atoms with Crippen LogP contribution >= 0.6 is 0 Å². The lowest BCUT2D eigenvalue weighted by Crippen LogP contribution is -2.55. The van der Waals surface area contributed by atoms with Crippen LogP contribution in [0.3, 0.4) is 0 Å². The van der Waals surface area contributed by atoms with Gasteiger partial charge in [-0.15, -0.1) is 0 Å². The molecule has 55 heavy (non-hydrogen) atoms. The van der Waals surface area contributed by atoms with Crippen molar-refractivity contribution in [2.45, 2.75) is 103 Å². The van der Waals surface area contributed by atoms with Crippen molar-refractivity contribution < 1.29 is 4.42 Å². The average Bonchev–Trinajstić information content (AvgIpc) is 3.72. The molecule has 7 aromatic rings. The molecule has 3 heteroatoms. The van der Waals surface area contributed by atoms with Crippen LogP contribution in [0.15, 0.2) is 114 Å². The zero-order chi connectivity index (χ0) is 37.8. The Hall–Kier alpha value is -5.02. The number of anilines is 3. The Labute approximate surface area is 326 Å². The highest BCUT2D eigenvalue weighted by Crippen LogP contribution is 2.52. The Bertz CT molecular complexity index is 2790. The van der Waals surface area contributed by atoms with E-state index < -0.39 is 0 Å². The van der Waals surface area contributed by atoms with Crippen LogP contribution in [0, 0.1) is 0 Å². The van der Waals surface area contributed by atoms with Crippen LogP contribution < -0.4 is 21.3 Å². The van der Waals surface area contributed by atoms with Gasteiger partial charge in [-0.25, -0.2) is 0 Å². The summed E-state index contributed by atoms with van der Waals surface area (Å²) in [7, 11) is 0. The van der Waals surface area contributed by atoms with Gasteiger partial charge in [0.2, 0.25) is 6.71 Å². The molecule has 2 aliphatic carbocycles. The lowest BCUT2D eigenvalue weighted by molar-refractivity contribution is 0.332. The zero-order valence-corrected chi connectivity index (χ0v) is 33.7. The van der Waals surface area contributed by atoms with E-state index in [0.717, 1.165) is 11.2 Å². The quantitative estimate of drug-likeness (QED) is 0.166. The molecule has 0 saturated heterocycles. The summed E-state index contributed by atoms with van der Waals surface area (Å²) in [5.74, 6) is 0. The summed E-state index contributed by atoms with van der Waals surface area (Å²) in [5.41, 5.74) is 21.7. The van der Waals surface area contributed by atoms with Gasteiger partial charge in [-0.2, -0.15) is 0 Å². The Morgan fingerprint density at radius 1 is 0.491 bits per heavy atom. The second-order valence-corrected chi connectivity index (χ2v) is 19.8. The van der Waals surface area contributed by atoms with E-state index in [1.54, 1.807) is 0 Å². The van der Waals surface area contributed by atoms with Crippen LogP contribution in [0.5, 0.6) is 0 Å². The van der Waals surface area contributed by atoms with Crippen molar-refractivity contribution in [3.05, 3.63) is 131 Å². The predicted octanol–water partition coefficient (Wildman–Crippen LogP) is 12.2. The summed E-state index contributed by atoms with van der Waals surface area (Å²) in [4.78, 5) is 2.67. The van der Waals surface area contributed by atoms with E-state index in [2.05, 4.69) is 169 Å². The first-order valence-corrected chi connectivity index (χ1v) is 20.6. The fourth-order valence-corrected chi connectivity index (χ4v) is 11.2. The number of nitrogens with zero attached hydrogens (tertiary/aromatic N) is 1. The highest BCUT2D eigenvalue weighted by atomic mass is 16.3. The highest BCUT2D eigenvalue weighted by Gasteiger charge is 2.46. The third-order valence-electron chi connectivity index (χ3n) is 14.6. The molecule has 1 aromatic heterocycles. The van der Waals surface area contributed by atoms with Crippen molar-refractivity contribution in [2.75, 3.05) is 4.90 Å². The third kappa shape index (κ3) is 4.56. The normalized spacial score (nSPS) is 19.1. The first-order chi connectivity index (χ1) is 26.2. The zero-order valence-electron chi connectivity index (χ0n) is 33.7. The van der Waals surface area contributed by atoms with Gasteiger partial charge in [-0.05, 0) is 145 Å². The molecule has 0 saturated carbocycles. The Kier molecular flexibility index (Phi) is 6.57. The molecule has 3 heterocycles. The maximum Gasteiger partial charge on any atom is 0.248 e. The fraction of sp³-hybridized carbons (Fsp3) is 0.308. The van der Waals surface area contributed by atoms with Crippen LogP contribution in [0.4, 0.5) is 17.1 Å². The summed E-state index contributed by atoms with van der Waals surface area (Å²) < 4.78 is 6.45. The Morgan fingerprint density at radius 3 is 1.87 bits per heavy atom. The van der Waals surface area contributed by atoms with Gasteiger partial charge >= 0.3 is 0 Å². The fourth-order valence-electron chi connectivity index (χ4n) is 11.2. The third-order valence-corrected chi connectivity index (χ3v) is 14.6. The first kappa shape index (κ1) is 33.3. The summed E-state index contributed by atoms with van der Waals surface area (Å²) in [5, 5.41) is 2.35. The lowest BCUT2D eigenvalue weighted by Gasteiger charge is -2.45. The maximum absolute atomic E-state index is 6.45. The van der Waals surface area contributed by atoms with E-state index in [-0.39, 0.29) is 28.4 Å². The van der Waals surface area contributed by atoms with Gasteiger partial charge in [0, 0.05) is 27.8 Å². The molecule has 2 aliphatic heterocycles. The van der Waals surface area contributed by atoms with Gasteiger partial charge in [-0.3, -0.25) is 0 Å². The van der Waals surface area contributed by atoms with Crippen LogP contribution in [-0.2, 0) is 21.7 Å². The van der Waals surface area contributed by atoms with Crippen LogP contribution in [-0.4, -0.2) is 6.71 Å². The number of hydrogen-bond acceptors (Lipinski definition) is 2. The number of hydrogen-bond donors (Lipinski definition) is 0. The molecule has 0 fully saturated rings. The van der Waals surface area contributed by atoms with Crippen molar-refractivity contribution in [3.8, 4) is 22.3 Å². The van der Waals surface area contributed by atoms with E-state index in [1.807, 2.05) is 0 Å². The molecule has 2 nitrogen and oxygen atoms in total. The minimum Gasteiger partial charge on any atom is -0.456 e. The van der Waals surface area contributed by atoms with Gasteiger partial charge in [0.15, 0.2) is 0 Å². The van der Waals surface area contributed by atoms with Crippen LogP contribution in [0.1, 0.15) is 103 Å². The van der Waals surface area contributed by atoms with Crippen LogP contribution in [0.25, 0.3) is 44.2 Å². The van der Waals surface area contributed by atoms with Crippen molar-refractivity contribution in [1.29, 1.82) is 0 Å². The van der Waals surface area contributed by atoms with Gasteiger partial charge in [0.1, 0.15) is 11.2 Å². The molecule has 0 unspecified atom stereocenters. The minimum atomic E-state index is 0.0896. The summed E-state index contributed by atoms with van der Waals surface area (Å²) in [6.45, 7) is 19.8. The summed E-state index contributed by atoms with van der Waals surface area (Å²) in [6, 6.07) is 42.0. The second kappa shape index (κ2) is 10.8. The molecule has 0 bridgehead atoms. The van der Waals surface area contributed by atoms with Crippen molar-refractivity contribution in [2.24, 2.45) is 0 Å². The second-order valence-electron chi connectivity index (χ2n) is 19.8. The van der Waals surface area contributed by atoms with E-state index in [9.17, 15) is 0 Å². The van der Waals surface area contributed by atoms with Crippen molar-refractivity contribution in [1.82, 2.24) is 0 Å². The van der Waals surface area contributed by atoms with Crippen LogP contribution in [0.2, 0.25) is 0 Å². The van der Waals surface area contributed by atoms with Gasteiger partial charge in [0.25, 0.3) is 0 Å². The lowest BCUT2D eigenvalue weighted by atomic mass is 9.36. The van der Waals surface area contributed by atoms with Gasteiger partial charge < -0.3 is 9.32 Å². The Balaban J connectivity index is 1.26. The largest absolute Gasteiger partial charge is 0.456 e. The van der Waals surface area contributed by atoms with E-state index >= 15 is 0 Å².